The monoisotopic (exact) mass is 218 g/mol. The van der Waals surface area contributed by atoms with Gasteiger partial charge in [0, 0.05) is 5.92 Å². The predicted molar refractivity (Wildman–Crippen MR) is 67.7 cm³/mol. The molecule has 1 aromatic rings. The van der Waals surface area contributed by atoms with Crippen molar-refractivity contribution in [2.75, 3.05) is 0 Å². The normalized spacial score (nSPS) is 25.9. The van der Waals surface area contributed by atoms with Crippen molar-refractivity contribution in [2.45, 2.75) is 57.7 Å². The average molecular weight is 218 g/mol. The average Bonchev–Trinajstić information content (AvgIpc) is 2.30. The van der Waals surface area contributed by atoms with Gasteiger partial charge in [0.15, 0.2) is 0 Å². The van der Waals surface area contributed by atoms with Crippen LogP contribution in [-0.4, -0.2) is 12.2 Å². The number of benzene rings is 1. The van der Waals surface area contributed by atoms with E-state index in [-0.39, 0.29) is 0 Å². The van der Waals surface area contributed by atoms with Gasteiger partial charge in [0.2, 0.25) is 0 Å². The van der Waals surface area contributed by atoms with Crippen molar-refractivity contribution in [3.63, 3.8) is 0 Å². The summed E-state index contributed by atoms with van der Waals surface area (Å²) in [5.41, 5.74) is 1.45. The van der Waals surface area contributed by atoms with Gasteiger partial charge in [-0.05, 0) is 32.3 Å². The molecule has 1 fully saturated rings. The fraction of sp³-hybridized carbons (Fsp3) is 0.600. The highest BCUT2D eigenvalue weighted by molar-refractivity contribution is 5.21. The molecule has 1 heteroatoms. The van der Waals surface area contributed by atoms with Crippen LogP contribution in [0.3, 0.4) is 0 Å². The van der Waals surface area contributed by atoms with Crippen molar-refractivity contribution in [1.29, 1.82) is 0 Å². The molecule has 0 N–H and O–H groups in total. The van der Waals surface area contributed by atoms with Crippen molar-refractivity contribution in [1.82, 2.24) is 0 Å². The van der Waals surface area contributed by atoms with E-state index in [0.29, 0.717) is 18.1 Å². The van der Waals surface area contributed by atoms with Crippen LogP contribution in [0.15, 0.2) is 30.3 Å². The molecule has 0 heterocycles. The Morgan fingerprint density at radius 1 is 1.06 bits per heavy atom. The highest BCUT2D eigenvalue weighted by atomic mass is 16.5. The second kappa shape index (κ2) is 5.49. The SMILES string of the molecule is CC(C)O[C@H]1CCCC[C@@H]1c1ccccc1. The lowest BCUT2D eigenvalue weighted by molar-refractivity contribution is -0.0247. The maximum Gasteiger partial charge on any atom is 0.0647 e. The molecule has 16 heavy (non-hydrogen) atoms. The van der Waals surface area contributed by atoms with E-state index in [0.717, 1.165) is 0 Å². The van der Waals surface area contributed by atoms with Crippen molar-refractivity contribution in [2.24, 2.45) is 0 Å². The zero-order valence-electron chi connectivity index (χ0n) is 10.4. The Morgan fingerprint density at radius 2 is 1.75 bits per heavy atom. The Hall–Kier alpha value is -0.820. The van der Waals surface area contributed by atoms with Gasteiger partial charge in [-0.25, -0.2) is 0 Å². The molecule has 0 aromatic heterocycles. The summed E-state index contributed by atoms with van der Waals surface area (Å²) in [6, 6.07) is 10.8. The standard InChI is InChI=1S/C15H22O/c1-12(2)16-15-11-7-6-10-14(15)13-8-4-3-5-9-13/h3-5,8-9,12,14-15H,6-7,10-11H2,1-2H3/t14-,15+/m1/s1. The summed E-state index contributed by atoms with van der Waals surface area (Å²) < 4.78 is 6.06. The van der Waals surface area contributed by atoms with E-state index in [1.807, 2.05) is 0 Å². The van der Waals surface area contributed by atoms with Gasteiger partial charge in [-0.3, -0.25) is 0 Å². The van der Waals surface area contributed by atoms with E-state index in [1.54, 1.807) is 0 Å². The maximum atomic E-state index is 6.06. The molecule has 88 valence electrons. The van der Waals surface area contributed by atoms with E-state index in [9.17, 15) is 0 Å². The summed E-state index contributed by atoms with van der Waals surface area (Å²) in [5, 5.41) is 0. The molecule has 0 bridgehead atoms. The van der Waals surface area contributed by atoms with Gasteiger partial charge in [-0.15, -0.1) is 0 Å². The van der Waals surface area contributed by atoms with E-state index in [4.69, 9.17) is 4.74 Å². The van der Waals surface area contributed by atoms with Crippen molar-refractivity contribution < 1.29 is 4.74 Å². The minimum absolute atomic E-state index is 0.342. The minimum atomic E-state index is 0.342. The lowest BCUT2D eigenvalue weighted by Gasteiger charge is -2.33. The third kappa shape index (κ3) is 2.85. The van der Waals surface area contributed by atoms with Gasteiger partial charge in [0.1, 0.15) is 0 Å². The van der Waals surface area contributed by atoms with Crippen LogP contribution in [-0.2, 0) is 4.74 Å². The third-order valence-electron chi connectivity index (χ3n) is 3.38. The van der Waals surface area contributed by atoms with Crippen LogP contribution in [0.25, 0.3) is 0 Å². The molecule has 0 spiro atoms. The minimum Gasteiger partial charge on any atom is -0.375 e. The molecule has 2 rings (SSSR count). The van der Waals surface area contributed by atoms with Gasteiger partial charge >= 0.3 is 0 Å². The lowest BCUT2D eigenvalue weighted by Crippen LogP contribution is -2.28. The Bertz CT molecular complexity index is 304. The molecule has 0 aliphatic heterocycles. The van der Waals surface area contributed by atoms with Crippen molar-refractivity contribution in [3.8, 4) is 0 Å². The van der Waals surface area contributed by atoms with Crippen LogP contribution >= 0.6 is 0 Å². The van der Waals surface area contributed by atoms with Crippen LogP contribution in [0.5, 0.6) is 0 Å². The van der Waals surface area contributed by atoms with Gasteiger partial charge < -0.3 is 4.74 Å². The molecule has 1 aliphatic rings. The summed E-state index contributed by atoms with van der Waals surface area (Å²) >= 11 is 0. The predicted octanol–water partition coefficient (Wildman–Crippen LogP) is 4.14. The molecular formula is C15H22O. The van der Waals surface area contributed by atoms with Gasteiger partial charge in [-0.2, -0.15) is 0 Å². The smallest absolute Gasteiger partial charge is 0.0647 e. The summed E-state index contributed by atoms with van der Waals surface area (Å²) in [7, 11) is 0. The van der Waals surface area contributed by atoms with Crippen molar-refractivity contribution >= 4 is 0 Å². The van der Waals surface area contributed by atoms with Gasteiger partial charge in [0.05, 0.1) is 12.2 Å². The number of hydrogen-bond acceptors (Lipinski definition) is 1. The summed E-state index contributed by atoms with van der Waals surface area (Å²) in [6.07, 6.45) is 5.93. The fourth-order valence-corrected chi connectivity index (χ4v) is 2.69. The topological polar surface area (TPSA) is 9.23 Å². The van der Waals surface area contributed by atoms with Crippen LogP contribution in [0.2, 0.25) is 0 Å². The summed E-state index contributed by atoms with van der Waals surface area (Å²) in [5.74, 6) is 0.609. The number of hydrogen-bond donors (Lipinski definition) is 0. The summed E-state index contributed by atoms with van der Waals surface area (Å²) in [6.45, 7) is 4.27. The molecule has 1 aliphatic carbocycles. The molecule has 2 atom stereocenters. The lowest BCUT2D eigenvalue weighted by atomic mass is 9.81. The maximum absolute atomic E-state index is 6.06. The molecule has 1 nitrogen and oxygen atoms in total. The fourth-order valence-electron chi connectivity index (χ4n) is 2.69. The van der Waals surface area contributed by atoms with Crippen LogP contribution in [0, 0.1) is 0 Å². The van der Waals surface area contributed by atoms with Crippen LogP contribution < -0.4 is 0 Å². The zero-order chi connectivity index (χ0) is 11.4. The number of ether oxygens (including phenoxy) is 1. The molecule has 0 radical (unpaired) electrons. The first-order chi connectivity index (χ1) is 7.77. The highest BCUT2D eigenvalue weighted by Gasteiger charge is 2.27. The summed E-state index contributed by atoms with van der Waals surface area (Å²) in [4.78, 5) is 0. The number of rotatable bonds is 3. The second-order valence-corrected chi connectivity index (χ2v) is 5.02. The Kier molecular flexibility index (Phi) is 4.00. The van der Waals surface area contributed by atoms with E-state index >= 15 is 0 Å². The molecule has 0 amide bonds. The van der Waals surface area contributed by atoms with Crippen LogP contribution in [0.1, 0.15) is 51.0 Å². The third-order valence-corrected chi connectivity index (χ3v) is 3.38. The molecule has 1 saturated carbocycles. The molecule has 1 aromatic carbocycles. The first-order valence-electron chi connectivity index (χ1n) is 6.48. The van der Waals surface area contributed by atoms with E-state index < -0.39 is 0 Å². The molecule has 0 unspecified atom stereocenters. The molecule has 0 saturated heterocycles. The Morgan fingerprint density at radius 3 is 2.44 bits per heavy atom. The molecular weight excluding hydrogens is 196 g/mol. The zero-order valence-corrected chi connectivity index (χ0v) is 10.4. The first kappa shape index (κ1) is 11.7. The van der Waals surface area contributed by atoms with Gasteiger partial charge in [0.25, 0.3) is 0 Å². The first-order valence-corrected chi connectivity index (χ1v) is 6.48. The van der Waals surface area contributed by atoms with Gasteiger partial charge in [-0.1, -0.05) is 43.2 Å². The van der Waals surface area contributed by atoms with Crippen molar-refractivity contribution in [3.05, 3.63) is 35.9 Å². The highest BCUT2D eigenvalue weighted by Crippen LogP contribution is 2.35. The Labute approximate surface area is 98.8 Å². The van der Waals surface area contributed by atoms with Crippen LogP contribution in [0.4, 0.5) is 0 Å². The quantitative estimate of drug-likeness (QED) is 0.741. The van der Waals surface area contributed by atoms with E-state index in [1.165, 1.54) is 31.2 Å². The largest absolute Gasteiger partial charge is 0.375 e. The Balaban J connectivity index is 2.10. The second-order valence-electron chi connectivity index (χ2n) is 5.02. The van der Waals surface area contributed by atoms with E-state index in [2.05, 4.69) is 44.2 Å².